The normalized spacial score (nSPS) is 10.6. The summed E-state index contributed by atoms with van der Waals surface area (Å²) in [6, 6.07) is 17.3. The SMILES string of the molecule is CCN(CCCNC(=O)c1nn(-c2ccccc2[N+](=O)[O-])c(C)cc1=O)c1ccccc1. The highest BCUT2D eigenvalue weighted by molar-refractivity contribution is 5.92. The van der Waals surface area contributed by atoms with Gasteiger partial charge < -0.3 is 10.2 Å². The van der Waals surface area contributed by atoms with Crippen LogP contribution in [-0.4, -0.2) is 40.2 Å². The molecule has 9 heteroatoms. The number of carbonyl (C=O) groups excluding carboxylic acids is 1. The van der Waals surface area contributed by atoms with Crippen molar-refractivity contribution in [3.8, 4) is 5.69 Å². The van der Waals surface area contributed by atoms with Crippen LogP contribution in [0.1, 0.15) is 29.5 Å². The summed E-state index contributed by atoms with van der Waals surface area (Å²) in [6.45, 7) is 5.60. The van der Waals surface area contributed by atoms with E-state index in [-0.39, 0.29) is 17.1 Å². The van der Waals surface area contributed by atoms with Crippen molar-refractivity contribution in [1.29, 1.82) is 0 Å². The molecule has 32 heavy (non-hydrogen) atoms. The van der Waals surface area contributed by atoms with Crippen LogP contribution in [0.25, 0.3) is 5.69 Å². The molecule has 0 aliphatic rings. The van der Waals surface area contributed by atoms with Crippen LogP contribution in [0.15, 0.2) is 65.5 Å². The summed E-state index contributed by atoms with van der Waals surface area (Å²) in [4.78, 5) is 38.0. The Morgan fingerprint density at radius 3 is 2.53 bits per heavy atom. The van der Waals surface area contributed by atoms with Crippen molar-refractivity contribution in [3.63, 3.8) is 0 Å². The Bertz CT molecular complexity index is 1160. The van der Waals surface area contributed by atoms with Crippen molar-refractivity contribution < 1.29 is 9.72 Å². The molecule has 0 saturated heterocycles. The third-order valence-corrected chi connectivity index (χ3v) is 5.02. The first-order chi connectivity index (χ1) is 15.4. The highest BCUT2D eigenvalue weighted by Gasteiger charge is 2.20. The molecule has 0 bridgehead atoms. The summed E-state index contributed by atoms with van der Waals surface area (Å²) in [6.07, 6.45) is 0.679. The van der Waals surface area contributed by atoms with Crippen molar-refractivity contribution >= 4 is 17.3 Å². The van der Waals surface area contributed by atoms with Crippen LogP contribution in [-0.2, 0) is 0 Å². The number of anilines is 1. The van der Waals surface area contributed by atoms with Gasteiger partial charge in [-0.1, -0.05) is 30.3 Å². The van der Waals surface area contributed by atoms with Crippen molar-refractivity contribution in [2.75, 3.05) is 24.5 Å². The molecule has 166 valence electrons. The van der Waals surface area contributed by atoms with Crippen LogP contribution < -0.4 is 15.6 Å². The molecule has 0 spiro atoms. The van der Waals surface area contributed by atoms with Gasteiger partial charge in [-0.15, -0.1) is 0 Å². The molecule has 2 aromatic carbocycles. The van der Waals surface area contributed by atoms with Gasteiger partial charge in [-0.3, -0.25) is 19.7 Å². The molecule has 9 nitrogen and oxygen atoms in total. The first-order valence-corrected chi connectivity index (χ1v) is 10.3. The molecular formula is C23H25N5O4. The van der Waals surface area contributed by atoms with Gasteiger partial charge in [0.25, 0.3) is 11.6 Å². The number of nitro groups is 1. The number of amides is 1. The maximum atomic E-state index is 12.6. The molecule has 0 aliphatic heterocycles. The minimum Gasteiger partial charge on any atom is -0.372 e. The van der Waals surface area contributed by atoms with E-state index in [4.69, 9.17) is 0 Å². The average Bonchev–Trinajstić information content (AvgIpc) is 2.79. The Morgan fingerprint density at radius 2 is 1.84 bits per heavy atom. The lowest BCUT2D eigenvalue weighted by molar-refractivity contribution is -0.384. The van der Waals surface area contributed by atoms with Crippen LogP contribution in [0.4, 0.5) is 11.4 Å². The number of nitro benzene ring substituents is 1. The second-order valence-corrected chi connectivity index (χ2v) is 7.18. The van der Waals surface area contributed by atoms with Gasteiger partial charge in [-0.05, 0) is 38.5 Å². The summed E-state index contributed by atoms with van der Waals surface area (Å²) in [5.41, 5.74) is 0.679. The van der Waals surface area contributed by atoms with Gasteiger partial charge in [0.05, 0.1) is 4.92 Å². The lowest BCUT2D eigenvalue weighted by Crippen LogP contribution is -2.34. The Morgan fingerprint density at radius 1 is 1.16 bits per heavy atom. The van der Waals surface area contributed by atoms with Crippen molar-refractivity contribution in [2.24, 2.45) is 0 Å². The molecule has 0 radical (unpaired) electrons. The number of benzene rings is 2. The Hall–Kier alpha value is -4.01. The fraction of sp³-hybridized carbons (Fsp3) is 0.261. The molecule has 0 saturated carbocycles. The van der Waals surface area contributed by atoms with Crippen LogP contribution in [0.5, 0.6) is 0 Å². The van der Waals surface area contributed by atoms with Crippen LogP contribution in [0.2, 0.25) is 0 Å². The summed E-state index contributed by atoms with van der Waals surface area (Å²) >= 11 is 0. The molecule has 3 rings (SSSR count). The molecule has 1 aromatic heterocycles. The quantitative estimate of drug-likeness (QED) is 0.314. The zero-order valence-corrected chi connectivity index (χ0v) is 18.0. The van der Waals surface area contributed by atoms with Crippen molar-refractivity contribution in [2.45, 2.75) is 20.3 Å². The smallest absolute Gasteiger partial charge is 0.294 e. The van der Waals surface area contributed by atoms with E-state index in [0.29, 0.717) is 18.7 Å². The molecule has 1 amide bonds. The fourth-order valence-corrected chi connectivity index (χ4v) is 3.41. The number of para-hydroxylation sites is 3. The Kier molecular flexibility index (Phi) is 7.33. The zero-order chi connectivity index (χ0) is 23.1. The van der Waals surface area contributed by atoms with Gasteiger partial charge in [0, 0.05) is 43.1 Å². The Labute approximate surface area is 185 Å². The summed E-state index contributed by atoms with van der Waals surface area (Å²) in [7, 11) is 0. The summed E-state index contributed by atoms with van der Waals surface area (Å²) in [5, 5.41) is 18.2. The van der Waals surface area contributed by atoms with Gasteiger partial charge in [0.1, 0.15) is 5.69 Å². The molecule has 0 atom stereocenters. The maximum Gasteiger partial charge on any atom is 0.294 e. The standard InChI is InChI=1S/C23H25N5O4/c1-3-26(18-10-5-4-6-11-18)15-9-14-24-23(30)22-21(29)16-17(2)27(25-22)19-12-7-8-13-20(19)28(31)32/h4-8,10-13,16H,3,9,14-15H2,1-2H3,(H,24,30). The van der Waals surface area contributed by atoms with E-state index >= 15 is 0 Å². The second-order valence-electron chi connectivity index (χ2n) is 7.18. The van der Waals surface area contributed by atoms with E-state index in [1.165, 1.54) is 22.9 Å². The van der Waals surface area contributed by atoms with Gasteiger partial charge in [-0.25, -0.2) is 4.68 Å². The molecule has 0 unspecified atom stereocenters. The van der Waals surface area contributed by atoms with E-state index in [1.807, 2.05) is 30.3 Å². The third-order valence-electron chi connectivity index (χ3n) is 5.02. The van der Waals surface area contributed by atoms with E-state index in [1.54, 1.807) is 19.1 Å². The first-order valence-electron chi connectivity index (χ1n) is 10.3. The molecule has 0 fully saturated rings. The van der Waals surface area contributed by atoms with Gasteiger partial charge in [0.15, 0.2) is 5.69 Å². The van der Waals surface area contributed by atoms with Gasteiger partial charge >= 0.3 is 0 Å². The highest BCUT2D eigenvalue weighted by Crippen LogP contribution is 2.22. The van der Waals surface area contributed by atoms with Crippen molar-refractivity contribution in [3.05, 3.63) is 92.4 Å². The second kappa shape index (κ2) is 10.3. The largest absolute Gasteiger partial charge is 0.372 e. The van der Waals surface area contributed by atoms with Gasteiger partial charge in [0.2, 0.25) is 5.43 Å². The van der Waals surface area contributed by atoms with Crippen molar-refractivity contribution in [1.82, 2.24) is 15.1 Å². The number of nitrogens with zero attached hydrogens (tertiary/aromatic N) is 4. The molecule has 3 aromatic rings. The number of aryl methyl sites for hydroxylation is 1. The van der Waals surface area contributed by atoms with E-state index in [0.717, 1.165) is 18.8 Å². The number of aromatic nitrogens is 2. The maximum absolute atomic E-state index is 12.6. The highest BCUT2D eigenvalue weighted by atomic mass is 16.6. The number of rotatable bonds is 9. The van der Waals surface area contributed by atoms with E-state index < -0.39 is 16.3 Å². The average molecular weight is 435 g/mol. The Balaban J connectivity index is 1.72. The first kappa shape index (κ1) is 22.7. The minimum absolute atomic E-state index is 0.168. The summed E-state index contributed by atoms with van der Waals surface area (Å²) < 4.78 is 1.25. The van der Waals surface area contributed by atoms with E-state index in [9.17, 15) is 19.7 Å². The lowest BCUT2D eigenvalue weighted by atomic mass is 10.2. The van der Waals surface area contributed by atoms with E-state index in [2.05, 4.69) is 22.2 Å². The topological polar surface area (TPSA) is 110 Å². The van der Waals surface area contributed by atoms with Crippen LogP contribution in [0, 0.1) is 17.0 Å². The third kappa shape index (κ3) is 5.18. The van der Waals surface area contributed by atoms with Crippen LogP contribution >= 0.6 is 0 Å². The predicted octanol–water partition coefficient (Wildman–Crippen LogP) is 3.10. The summed E-state index contributed by atoms with van der Waals surface area (Å²) in [5.74, 6) is -0.606. The lowest BCUT2D eigenvalue weighted by Gasteiger charge is -2.23. The molecule has 1 heterocycles. The fourth-order valence-electron chi connectivity index (χ4n) is 3.41. The molecular weight excluding hydrogens is 410 g/mol. The van der Waals surface area contributed by atoms with Crippen LogP contribution in [0.3, 0.4) is 0 Å². The number of nitrogens with one attached hydrogen (secondary N) is 1. The molecule has 0 aliphatic carbocycles. The molecule has 1 N–H and O–H groups in total. The van der Waals surface area contributed by atoms with Gasteiger partial charge in [-0.2, -0.15) is 5.10 Å². The number of hydrogen-bond acceptors (Lipinski definition) is 6. The minimum atomic E-state index is -0.606. The predicted molar refractivity (Wildman–Crippen MR) is 123 cm³/mol. The number of hydrogen-bond donors (Lipinski definition) is 1. The number of carbonyl (C=O) groups is 1. The monoisotopic (exact) mass is 435 g/mol. The zero-order valence-electron chi connectivity index (χ0n) is 18.0.